The van der Waals surface area contributed by atoms with Gasteiger partial charge < -0.3 is 19.7 Å². The minimum atomic E-state index is -0.0669. The molecular weight excluding hydrogens is 440 g/mol. The van der Waals surface area contributed by atoms with E-state index in [0.29, 0.717) is 41.6 Å². The standard InChI is InChI=1S/C24H29ClN6O2/c1-4-19(32)7-5-16-13-17-14-18(6-8-21(17)30(3)23(16)33)27-22-20(25)15-26-24(28-22)31-11-9-29(2)10-12-31/h6,8,13-15H,4-5,7,9-12H2,1-3H3,(H,26,27,28). The molecule has 0 radical (unpaired) electrons. The molecule has 3 heterocycles. The van der Waals surface area contributed by atoms with E-state index in [1.165, 1.54) is 0 Å². The third kappa shape index (κ3) is 5.17. The average Bonchev–Trinajstić information content (AvgIpc) is 2.82. The molecule has 1 aromatic carbocycles. The molecule has 4 rings (SSSR count). The first-order valence-corrected chi connectivity index (χ1v) is 11.6. The maximum absolute atomic E-state index is 12.7. The van der Waals surface area contributed by atoms with Crippen molar-refractivity contribution in [3.05, 3.63) is 51.4 Å². The zero-order chi connectivity index (χ0) is 23.5. The van der Waals surface area contributed by atoms with Crippen molar-refractivity contribution in [3.8, 4) is 0 Å². The van der Waals surface area contributed by atoms with Gasteiger partial charge in [-0.25, -0.2) is 4.98 Å². The van der Waals surface area contributed by atoms with Gasteiger partial charge in [-0.1, -0.05) is 18.5 Å². The SMILES string of the molecule is CCC(=O)CCc1cc2cc(Nc3nc(N4CCN(C)CC4)ncc3Cl)ccc2n(C)c1=O. The summed E-state index contributed by atoms with van der Waals surface area (Å²) in [6.07, 6.45) is 2.93. The lowest BCUT2D eigenvalue weighted by Gasteiger charge is -2.32. The highest BCUT2D eigenvalue weighted by molar-refractivity contribution is 6.32. The first-order valence-electron chi connectivity index (χ1n) is 11.2. The molecular formula is C24H29ClN6O2. The molecule has 33 heavy (non-hydrogen) atoms. The maximum atomic E-state index is 12.7. The van der Waals surface area contributed by atoms with Crippen LogP contribution < -0.4 is 15.8 Å². The van der Waals surface area contributed by atoms with Crippen molar-refractivity contribution in [2.75, 3.05) is 43.4 Å². The third-order valence-corrected chi connectivity index (χ3v) is 6.42. The molecule has 1 saturated heterocycles. The number of anilines is 3. The van der Waals surface area contributed by atoms with E-state index in [4.69, 9.17) is 11.6 Å². The summed E-state index contributed by atoms with van der Waals surface area (Å²) in [5.74, 6) is 1.35. The van der Waals surface area contributed by atoms with Crippen LogP contribution in [0.15, 0.2) is 35.3 Å². The van der Waals surface area contributed by atoms with Gasteiger partial charge in [-0.05, 0) is 37.7 Å². The fourth-order valence-corrected chi connectivity index (χ4v) is 4.14. The van der Waals surface area contributed by atoms with E-state index in [9.17, 15) is 9.59 Å². The minimum absolute atomic E-state index is 0.0669. The van der Waals surface area contributed by atoms with Gasteiger partial charge >= 0.3 is 0 Å². The summed E-state index contributed by atoms with van der Waals surface area (Å²) >= 11 is 6.39. The average molecular weight is 469 g/mol. The van der Waals surface area contributed by atoms with Crippen molar-refractivity contribution in [1.29, 1.82) is 0 Å². The van der Waals surface area contributed by atoms with Crippen molar-refractivity contribution in [1.82, 2.24) is 19.4 Å². The monoisotopic (exact) mass is 468 g/mol. The van der Waals surface area contributed by atoms with Gasteiger partial charge in [-0.15, -0.1) is 0 Å². The number of hydrogen-bond donors (Lipinski definition) is 1. The Bertz CT molecular complexity index is 1230. The van der Waals surface area contributed by atoms with Crippen LogP contribution in [0.2, 0.25) is 5.02 Å². The van der Waals surface area contributed by atoms with E-state index < -0.39 is 0 Å². The molecule has 2 aromatic heterocycles. The number of pyridine rings is 1. The lowest BCUT2D eigenvalue weighted by molar-refractivity contribution is -0.118. The number of rotatable bonds is 7. The molecule has 9 heteroatoms. The van der Waals surface area contributed by atoms with E-state index in [1.807, 2.05) is 31.2 Å². The maximum Gasteiger partial charge on any atom is 0.253 e. The number of aryl methyl sites for hydroxylation is 2. The number of likely N-dealkylation sites (N-methyl/N-ethyl adjacent to an activating group) is 1. The number of hydrogen-bond acceptors (Lipinski definition) is 7. The van der Waals surface area contributed by atoms with Crippen molar-refractivity contribution < 1.29 is 4.79 Å². The van der Waals surface area contributed by atoms with E-state index >= 15 is 0 Å². The van der Waals surface area contributed by atoms with Crippen LogP contribution in [0, 0.1) is 0 Å². The lowest BCUT2D eigenvalue weighted by Crippen LogP contribution is -2.45. The number of halogens is 1. The molecule has 1 aliphatic rings. The molecule has 0 atom stereocenters. The number of benzene rings is 1. The molecule has 1 aliphatic heterocycles. The smallest absolute Gasteiger partial charge is 0.253 e. The molecule has 0 saturated carbocycles. The molecule has 174 valence electrons. The molecule has 3 aromatic rings. The van der Waals surface area contributed by atoms with Crippen LogP contribution in [0.4, 0.5) is 17.5 Å². The number of Topliss-reactive ketones (excluding diaryl/α,β-unsaturated/α-hetero) is 1. The van der Waals surface area contributed by atoms with Gasteiger partial charge in [0.1, 0.15) is 10.8 Å². The van der Waals surface area contributed by atoms with E-state index in [0.717, 1.165) is 42.8 Å². The van der Waals surface area contributed by atoms with Gasteiger partial charge in [-0.3, -0.25) is 9.59 Å². The number of carbonyl (C=O) groups is 1. The second-order valence-corrected chi connectivity index (χ2v) is 8.89. The predicted octanol–water partition coefficient (Wildman–Crippen LogP) is 3.39. The Hall–Kier alpha value is -2.97. The summed E-state index contributed by atoms with van der Waals surface area (Å²) < 4.78 is 1.63. The van der Waals surface area contributed by atoms with Gasteiger partial charge in [0.05, 0.1) is 11.7 Å². The Balaban J connectivity index is 1.61. The quantitative estimate of drug-likeness (QED) is 0.569. The second kappa shape index (κ2) is 9.89. The lowest BCUT2D eigenvalue weighted by atomic mass is 10.0. The number of nitrogens with one attached hydrogen (secondary N) is 1. The van der Waals surface area contributed by atoms with Crippen molar-refractivity contribution in [3.63, 3.8) is 0 Å². The molecule has 1 N–H and O–H groups in total. The van der Waals surface area contributed by atoms with Crippen LogP contribution in [0.1, 0.15) is 25.3 Å². The summed E-state index contributed by atoms with van der Waals surface area (Å²) in [6.45, 7) is 5.50. The number of fused-ring (bicyclic) bond motifs is 1. The van der Waals surface area contributed by atoms with Gasteiger partial charge in [0.2, 0.25) is 5.95 Å². The van der Waals surface area contributed by atoms with Crippen LogP contribution in [0.25, 0.3) is 10.9 Å². The highest BCUT2D eigenvalue weighted by Crippen LogP contribution is 2.27. The second-order valence-electron chi connectivity index (χ2n) is 8.48. The van der Waals surface area contributed by atoms with E-state index in [1.54, 1.807) is 17.8 Å². The fraction of sp³-hybridized carbons (Fsp3) is 0.417. The summed E-state index contributed by atoms with van der Waals surface area (Å²) in [6, 6.07) is 7.64. The van der Waals surface area contributed by atoms with E-state index in [2.05, 4.69) is 32.1 Å². The van der Waals surface area contributed by atoms with Crippen molar-refractivity contribution >= 4 is 45.7 Å². The van der Waals surface area contributed by atoms with Gasteiger partial charge in [0.25, 0.3) is 5.56 Å². The van der Waals surface area contributed by atoms with Gasteiger partial charge in [0.15, 0.2) is 5.82 Å². The minimum Gasteiger partial charge on any atom is -0.339 e. The third-order valence-electron chi connectivity index (χ3n) is 6.15. The molecule has 0 amide bonds. The molecule has 1 fully saturated rings. The molecule has 8 nitrogen and oxygen atoms in total. The molecule has 0 spiro atoms. The van der Waals surface area contributed by atoms with Crippen LogP contribution in [0.5, 0.6) is 0 Å². The molecule has 0 unspecified atom stereocenters. The fourth-order valence-electron chi connectivity index (χ4n) is 4.00. The number of carbonyl (C=O) groups excluding carboxylic acids is 1. The van der Waals surface area contributed by atoms with Crippen molar-refractivity contribution in [2.24, 2.45) is 7.05 Å². The van der Waals surface area contributed by atoms with Gasteiger partial charge in [-0.2, -0.15) is 4.98 Å². The first-order chi connectivity index (χ1) is 15.9. The van der Waals surface area contributed by atoms with Gasteiger partial charge in [0, 0.05) is 62.7 Å². The van der Waals surface area contributed by atoms with Crippen LogP contribution in [0.3, 0.4) is 0 Å². The van der Waals surface area contributed by atoms with Crippen LogP contribution >= 0.6 is 11.6 Å². The highest BCUT2D eigenvalue weighted by Gasteiger charge is 2.18. The summed E-state index contributed by atoms with van der Waals surface area (Å²) in [4.78, 5) is 38.0. The summed E-state index contributed by atoms with van der Waals surface area (Å²) in [5, 5.41) is 4.65. The number of piperazine rings is 1. The zero-order valence-corrected chi connectivity index (χ0v) is 20.0. The summed E-state index contributed by atoms with van der Waals surface area (Å²) in [5.41, 5.74) is 2.20. The summed E-state index contributed by atoms with van der Waals surface area (Å²) in [7, 11) is 3.86. The number of ketones is 1. The Kier molecular flexibility index (Phi) is 6.95. The van der Waals surface area contributed by atoms with E-state index in [-0.39, 0.29) is 11.3 Å². The first kappa shape index (κ1) is 23.2. The Morgan fingerprint density at radius 2 is 1.91 bits per heavy atom. The largest absolute Gasteiger partial charge is 0.339 e. The Morgan fingerprint density at radius 3 is 2.64 bits per heavy atom. The Labute approximate surface area is 198 Å². The Morgan fingerprint density at radius 1 is 1.15 bits per heavy atom. The highest BCUT2D eigenvalue weighted by atomic mass is 35.5. The molecule has 0 bridgehead atoms. The van der Waals surface area contributed by atoms with Crippen LogP contribution in [-0.2, 0) is 18.3 Å². The zero-order valence-electron chi connectivity index (χ0n) is 19.3. The number of nitrogens with zero attached hydrogens (tertiary/aromatic N) is 5. The normalized spacial score (nSPS) is 14.6. The molecule has 0 aliphatic carbocycles. The predicted molar refractivity (Wildman–Crippen MR) is 133 cm³/mol. The van der Waals surface area contributed by atoms with Crippen LogP contribution in [-0.4, -0.2) is 58.4 Å². The number of aromatic nitrogens is 3. The topological polar surface area (TPSA) is 83.4 Å². The van der Waals surface area contributed by atoms with Crippen molar-refractivity contribution in [2.45, 2.75) is 26.2 Å².